The molecule has 0 saturated heterocycles. The van der Waals surface area contributed by atoms with Gasteiger partial charge in [-0.1, -0.05) is 120 Å². The lowest BCUT2D eigenvalue weighted by Crippen LogP contribution is -2.44. The van der Waals surface area contributed by atoms with Gasteiger partial charge in [0.1, 0.15) is 0 Å². The molecule has 6 aromatic rings. The number of benzene rings is 5. The van der Waals surface area contributed by atoms with Crippen molar-refractivity contribution in [2.75, 3.05) is 0 Å². The molecule has 5 aromatic carbocycles. The van der Waals surface area contributed by atoms with Gasteiger partial charge in [-0.3, -0.25) is 0 Å². The van der Waals surface area contributed by atoms with Crippen molar-refractivity contribution in [3.8, 4) is 27.9 Å². The molecule has 0 saturated carbocycles. The topological polar surface area (TPSA) is 4.93 Å². The summed E-state index contributed by atoms with van der Waals surface area (Å²) < 4.78 is 2.44. The zero-order valence-electron chi connectivity index (χ0n) is 24.3. The highest BCUT2D eigenvalue weighted by Gasteiger charge is 2.49. The van der Waals surface area contributed by atoms with Gasteiger partial charge in [-0.2, -0.15) is 0 Å². The number of hydrogen-bond donors (Lipinski definition) is 0. The van der Waals surface area contributed by atoms with Gasteiger partial charge in [-0.25, -0.2) is 0 Å². The first-order valence-electron chi connectivity index (χ1n) is 14.6. The van der Waals surface area contributed by atoms with Gasteiger partial charge >= 0.3 is 0 Å². The Morgan fingerprint density at radius 2 is 1.05 bits per heavy atom. The second-order valence-corrected chi connectivity index (χ2v) is 13.4. The predicted molar refractivity (Wildman–Crippen MR) is 170 cm³/mol. The summed E-state index contributed by atoms with van der Waals surface area (Å²) >= 11 is 0. The van der Waals surface area contributed by atoms with Crippen molar-refractivity contribution in [2.45, 2.75) is 57.8 Å². The van der Waals surface area contributed by atoms with E-state index in [0.717, 1.165) is 0 Å². The Balaban J connectivity index is 1.40. The van der Waals surface area contributed by atoms with E-state index in [0.29, 0.717) is 0 Å². The first-order valence-corrected chi connectivity index (χ1v) is 14.6. The molecule has 2 aliphatic carbocycles. The molecule has 0 bridgehead atoms. The predicted octanol–water partition coefficient (Wildman–Crippen LogP) is 10.3. The average Bonchev–Trinajstić information content (AvgIpc) is 3.41. The fraction of sp³-hybridized carbons (Fsp3) is 0.231. The van der Waals surface area contributed by atoms with E-state index in [2.05, 4.69) is 149 Å². The second-order valence-electron chi connectivity index (χ2n) is 13.4. The highest BCUT2D eigenvalue weighted by molar-refractivity contribution is 6.09. The molecule has 0 N–H and O–H groups in total. The third-order valence-corrected chi connectivity index (χ3v) is 10.7. The van der Waals surface area contributed by atoms with Crippen LogP contribution < -0.4 is 0 Å². The Hall–Kier alpha value is -4.10. The second kappa shape index (κ2) is 7.55. The van der Waals surface area contributed by atoms with Crippen LogP contribution in [0.2, 0.25) is 0 Å². The average molecular weight is 518 g/mol. The third kappa shape index (κ3) is 2.73. The first kappa shape index (κ1) is 23.8. The van der Waals surface area contributed by atoms with E-state index >= 15 is 0 Å². The molecule has 0 amide bonds. The van der Waals surface area contributed by atoms with Crippen LogP contribution >= 0.6 is 0 Å². The molecule has 1 heteroatoms. The van der Waals surface area contributed by atoms with Crippen LogP contribution in [0.1, 0.15) is 63.8 Å². The van der Waals surface area contributed by atoms with Crippen LogP contribution in [-0.4, -0.2) is 4.57 Å². The fourth-order valence-corrected chi connectivity index (χ4v) is 7.96. The third-order valence-electron chi connectivity index (χ3n) is 10.7. The summed E-state index contributed by atoms with van der Waals surface area (Å²) in [4.78, 5) is 0. The lowest BCUT2D eigenvalue weighted by atomic mass is 9.54. The quantitative estimate of drug-likeness (QED) is 0.204. The van der Waals surface area contributed by atoms with Gasteiger partial charge < -0.3 is 4.57 Å². The molecule has 0 spiro atoms. The van der Waals surface area contributed by atoms with Gasteiger partial charge in [-0.05, 0) is 79.6 Å². The SMILES string of the molecule is CC1(C)c2cc(-n3c4ccccc4c4ccccc43)ccc2-c2ccc3c(c21)-c1ccccc1C(C)(C)C3(C)C. The van der Waals surface area contributed by atoms with Crippen molar-refractivity contribution < 1.29 is 0 Å². The zero-order valence-corrected chi connectivity index (χ0v) is 24.3. The van der Waals surface area contributed by atoms with E-state index in [-0.39, 0.29) is 16.2 Å². The van der Waals surface area contributed by atoms with E-state index in [9.17, 15) is 0 Å². The molecule has 2 aliphatic rings. The van der Waals surface area contributed by atoms with Gasteiger partial charge in [-0.15, -0.1) is 0 Å². The Morgan fingerprint density at radius 1 is 0.475 bits per heavy atom. The molecule has 0 fully saturated rings. The van der Waals surface area contributed by atoms with Gasteiger partial charge in [0.25, 0.3) is 0 Å². The maximum atomic E-state index is 2.46. The van der Waals surface area contributed by atoms with Gasteiger partial charge in [0, 0.05) is 21.9 Å². The molecule has 40 heavy (non-hydrogen) atoms. The number of hydrogen-bond acceptors (Lipinski definition) is 0. The molecule has 0 aliphatic heterocycles. The van der Waals surface area contributed by atoms with Crippen LogP contribution in [0.5, 0.6) is 0 Å². The number of aromatic nitrogens is 1. The first-order chi connectivity index (χ1) is 19.1. The highest BCUT2D eigenvalue weighted by atomic mass is 15.0. The highest BCUT2D eigenvalue weighted by Crippen LogP contribution is 2.60. The molecular weight excluding hydrogens is 482 g/mol. The summed E-state index contributed by atoms with van der Waals surface area (Å²) in [5, 5.41) is 2.60. The largest absolute Gasteiger partial charge is 0.309 e. The summed E-state index contributed by atoms with van der Waals surface area (Å²) in [6.45, 7) is 14.6. The summed E-state index contributed by atoms with van der Waals surface area (Å²) in [5.41, 5.74) is 15.1. The molecule has 1 nitrogen and oxygen atoms in total. The van der Waals surface area contributed by atoms with Crippen molar-refractivity contribution in [3.63, 3.8) is 0 Å². The Kier molecular flexibility index (Phi) is 4.48. The fourth-order valence-electron chi connectivity index (χ4n) is 7.96. The van der Waals surface area contributed by atoms with Gasteiger partial charge in [0.15, 0.2) is 0 Å². The molecule has 8 rings (SSSR count). The number of nitrogens with zero attached hydrogens (tertiary/aromatic N) is 1. The lowest BCUT2D eigenvalue weighted by molar-refractivity contribution is 0.298. The minimum atomic E-state index is -0.130. The maximum absolute atomic E-state index is 2.46. The van der Waals surface area contributed by atoms with Crippen LogP contribution in [0.15, 0.2) is 103 Å². The van der Waals surface area contributed by atoms with Crippen molar-refractivity contribution in [3.05, 3.63) is 125 Å². The standard InChI is InChI=1S/C39H35N/c1-37(2)32-23-24(40-33-17-11-8-13-26(33)27-14-9-12-18-34(27)40)19-20-25(32)28-21-22-31-35(36(28)37)29-15-7-10-16-30(29)38(3,4)39(31,5)6/h7-23H,1-6H3. The van der Waals surface area contributed by atoms with E-state index < -0.39 is 0 Å². The van der Waals surface area contributed by atoms with Gasteiger partial charge in [0.2, 0.25) is 0 Å². The molecule has 0 radical (unpaired) electrons. The van der Waals surface area contributed by atoms with Crippen molar-refractivity contribution >= 4 is 21.8 Å². The number of fused-ring (bicyclic) bond motifs is 10. The Morgan fingerprint density at radius 3 is 1.75 bits per heavy atom. The van der Waals surface area contributed by atoms with Gasteiger partial charge in [0.05, 0.1) is 11.0 Å². The van der Waals surface area contributed by atoms with Crippen LogP contribution in [0.4, 0.5) is 0 Å². The summed E-state index contributed by atoms with van der Waals surface area (Å²) in [7, 11) is 0. The Bertz CT molecular complexity index is 1970. The molecule has 196 valence electrons. The van der Waals surface area contributed by atoms with Crippen LogP contribution in [0.25, 0.3) is 49.7 Å². The molecule has 1 aromatic heterocycles. The van der Waals surface area contributed by atoms with Crippen LogP contribution in [0.3, 0.4) is 0 Å². The summed E-state index contributed by atoms with van der Waals surface area (Å²) in [6.07, 6.45) is 0. The van der Waals surface area contributed by atoms with Crippen LogP contribution in [0, 0.1) is 0 Å². The summed E-state index contributed by atoms with van der Waals surface area (Å²) in [6, 6.07) is 38.7. The van der Waals surface area contributed by atoms with E-state index in [1.807, 2.05) is 0 Å². The van der Waals surface area contributed by atoms with Crippen LogP contribution in [-0.2, 0) is 16.2 Å². The molecule has 0 atom stereocenters. The maximum Gasteiger partial charge on any atom is 0.0541 e. The molecule has 1 heterocycles. The Labute approximate surface area is 237 Å². The smallest absolute Gasteiger partial charge is 0.0541 e. The monoisotopic (exact) mass is 517 g/mol. The number of rotatable bonds is 1. The normalized spacial score (nSPS) is 17.4. The minimum Gasteiger partial charge on any atom is -0.309 e. The summed E-state index contributed by atoms with van der Waals surface area (Å²) in [5.74, 6) is 0. The molecule has 0 unspecified atom stereocenters. The number of para-hydroxylation sites is 2. The van der Waals surface area contributed by atoms with Crippen molar-refractivity contribution in [2.24, 2.45) is 0 Å². The molecular formula is C39H35N. The minimum absolute atomic E-state index is 0.00467. The van der Waals surface area contributed by atoms with E-state index in [4.69, 9.17) is 0 Å². The van der Waals surface area contributed by atoms with Crippen molar-refractivity contribution in [1.82, 2.24) is 4.57 Å². The lowest BCUT2D eigenvalue weighted by Gasteiger charge is -2.49. The van der Waals surface area contributed by atoms with E-state index in [1.165, 1.54) is 72.0 Å². The zero-order chi connectivity index (χ0) is 27.6. The van der Waals surface area contributed by atoms with Crippen molar-refractivity contribution in [1.29, 1.82) is 0 Å². The van der Waals surface area contributed by atoms with E-state index in [1.54, 1.807) is 0 Å².